The number of benzene rings is 1. The van der Waals surface area contributed by atoms with E-state index in [-0.39, 0.29) is 12.3 Å². The molecule has 0 aliphatic rings. The van der Waals surface area contributed by atoms with E-state index in [4.69, 9.17) is 5.73 Å². The van der Waals surface area contributed by atoms with Crippen molar-refractivity contribution >= 4 is 11.8 Å². The fourth-order valence-electron chi connectivity index (χ4n) is 1.91. The molecule has 0 fully saturated rings. The minimum Gasteiger partial charge on any atom is -0.369 e. The Bertz CT molecular complexity index is 417. The number of nitrogens with two attached hydrogens (primary N) is 1. The van der Waals surface area contributed by atoms with Crippen LogP contribution in [0.4, 0.5) is 0 Å². The van der Waals surface area contributed by atoms with Crippen molar-refractivity contribution in [2.75, 3.05) is 6.54 Å². The molecule has 0 aromatic heterocycles. The Hall–Kier alpha value is -1.84. The first-order valence-corrected chi connectivity index (χ1v) is 6.65. The quantitative estimate of drug-likeness (QED) is 0.786. The van der Waals surface area contributed by atoms with Gasteiger partial charge in [-0.1, -0.05) is 44.2 Å². The van der Waals surface area contributed by atoms with Gasteiger partial charge in [-0.15, -0.1) is 0 Å². The van der Waals surface area contributed by atoms with Crippen molar-refractivity contribution in [2.24, 2.45) is 11.7 Å². The summed E-state index contributed by atoms with van der Waals surface area (Å²) in [5.74, 6) is -0.684. The second-order valence-corrected chi connectivity index (χ2v) is 4.83. The largest absolute Gasteiger partial charge is 0.369 e. The van der Waals surface area contributed by atoms with Crippen LogP contribution in [0.5, 0.6) is 0 Å². The van der Waals surface area contributed by atoms with Gasteiger partial charge in [0, 0.05) is 24.8 Å². The molecular weight excluding hydrogens is 240 g/mol. The molecule has 2 unspecified atom stereocenters. The fraction of sp³-hybridized carbons (Fsp3) is 0.467. The van der Waals surface area contributed by atoms with Crippen LogP contribution in [-0.2, 0) is 9.59 Å². The molecule has 4 nitrogen and oxygen atoms in total. The Labute approximate surface area is 114 Å². The molecule has 19 heavy (non-hydrogen) atoms. The van der Waals surface area contributed by atoms with Gasteiger partial charge in [-0.3, -0.25) is 9.59 Å². The lowest BCUT2D eigenvalue weighted by Gasteiger charge is -2.16. The molecule has 0 spiro atoms. The van der Waals surface area contributed by atoms with Crippen molar-refractivity contribution < 1.29 is 9.59 Å². The van der Waals surface area contributed by atoms with Crippen LogP contribution in [0.1, 0.15) is 38.2 Å². The standard InChI is InChI=1S/C15H22N2O2/c1-3-12(13-7-5-4-6-8-13)10-17-14(18)9-11(2)15(16)19/h4-8,11-12H,3,9-10H2,1-2H3,(H2,16,19)(H,17,18). The van der Waals surface area contributed by atoms with E-state index in [9.17, 15) is 9.59 Å². The average molecular weight is 262 g/mol. The summed E-state index contributed by atoms with van der Waals surface area (Å²) in [6.45, 7) is 4.34. The van der Waals surface area contributed by atoms with Gasteiger partial charge in [0.25, 0.3) is 0 Å². The maximum atomic E-state index is 11.7. The third-order valence-electron chi connectivity index (χ3n) is 3.29. The highest BCUT2D eigenvalue weighted by Crippen LogP contribution is 2.18. The topological polar surface area (TPSA) is 72.2 Å². The van der Waals surface area contributed by atoms with E-state index >= 15 is 0 Å². The van der Waals surface area contributed by atoms with E-state index in [0.29, 0.717) is 12.5 Å². The molecule has 0 aliphatic heterocycles. The second-order valence-electron chi connectivity index (χ2n) is 4.83. The molecule has 0 saturated carbocycles. The Balaban J connectivity index is 2.46. The predicted octanol–water partition coefficient (Wildman–Crippen LogP) is 1.81. The van der Waals surface area contributed by atoms with Gasteiger partial charge in [0.1, 0.15) is 0 Å². The van der Waals surface area contributed by atoms with E-state index in [1.54, 1.807) is 6.92 Å². The van der Waals surface area contributed by atoms with Gasteiger partial charge in [0.05, 0.1) is 0 Å². The van der Waals surface area contributed by atoms with Crippen LogP contribution in [-0.4, -0.2) is 18.4 Å². The van der Waals surface area contributed by atoms with Crippen LogP contribution in [0.3, 0.4) is 0 Å². The summed E-state index contributed by atoms with van der Waals surface area (Å²) >= 11 is 0. The highest BCUT2D eigenvalue weighted by molar-refractivity contribution is 5.84. The smallest absolute Gasteiger partial charge is 0.220 e. The normalized spacial score (nSPS) is 13.6. The fourth-order valence-corrected chi connectivity index (χ4v) is 1.91. The molecule has 2 atom stereocenters. The molecule has 1 aromatic carbocycles. The van der Waals surface area contributed by atoms with Crippen LogP contribution in [0.2, 0.25) is 0 Å². The molecular formula is C15H22N2O2. The van der Waals surface area contributed by atoms with Gasteiger partial charge in [-0.25, -0.2) is 0 Å². The van der Waals surface area contributed by atoms with E-state index < -0.39 is 11.8 Å². The minimum atomic E-state index is -0.440. The SMILES string of the molecule is CCC(CNC(=O)CC(C)C(N)=O)c1ccccc1. The van der Waals surface area contributed by atoms with E-state index in [2.05, 4.69) is 24.4 Å². The number of hydrogen-bond acceptors (Lipinski definition) is 2. The molecule has 3 N–H and O–H groups in total. The zero-order valence-corrected chi connectivity index (χ0v) is 11.6. The molecule has 1 aromatic rings. The number of primary amides is 1. The van der Waals surface area contributed by atoms with Crippen molar-refractivity contribution in [1.29, 1.82) is 0 Å². The molecule has 0 bridgehead atoms. The van der Waals surface area contributed by atoms with E-state index in [1.165, 1.54) is 5.56 Å². The van der Waals surface area contributed by atoms with Crippen molar-refractivity contribution in [3.63, 3.8) is 0 Å². The molecule has 2 amide bonds. The predicted molar refractivity (Wildman–Crippen MR) is 75.5 cm³/mol. The molecule has 0 radical (unpaired) electrons. The molecule has 0 saturated heterocycles. The van der Waals surface area contributed by atoms with Crippen LogP contribution < -0.4 is 11.1 Å². The Morgan fingerprint density at radius 2 is 1.89 bits per heavy atom. The maximum Gasteiger partial charge on any atom is 0.220 e. The second kappa shape index (κ2) is 7.56. The first-order valence-electron chi connectivity index (χ1n) is 6.65. The maximum absolute atomic E-state index is 11.7. The zero-order valence-electron chi connectivity index (χ0n) is 11.6. The van der Waals surface area contributed by atoms with Crippen LogP contribution in [0, 0.1) is 5.92 Å². The van der Waals surface area contributed by atoms with Crippen LogP contribution >= 0.6 is 0 Å². The average Bonchev–Trinajstić information content (AvgIpc) is 2.40. The molecule has 0 heterocycles. The lowest BCUT2D eigenvalue weighted by molar-refractivity contribution is -0.128. The highest BCUT2D eigenvalue weighted by atomic mass is 16.2. The number of hydrogen-bond donors (Lipinski definition) is 2. The zero-order chi connectivity index (χ0) is 14.3. The lowest BCUT2D eigenvalue weighted by atomic mass is 9.96. The summed E-state index contributed by atoms with van der Waals surface area (Å²) in [7, 11) is 0. The Morgan fingerprint density at radius 3 is 2.42 bits per heavy atom. The number of carbonyl (C=O) groups excluding carboxylic acids is 2. The van der Waals surface area contributed by atoms with Gasteiger partial charge in [-0.2, -0.15) is 0 Å². The first-order chi connectivity index (χ1) is 9.04. The first kappa shape index (κ1) is 15.2. The summed E-state index contributed by atoms with van der Waals surface area (Å²) in [5, 5.41) is 2.87. The van der Waals surface area contributed by atoms with Gasteiger partial charge in [-0.05, 0) is 12.0 Å². The Morgan fingerprint density at radius 1 is 1.26 bits per heavy atom. The van der Waals surface area contributed by atoms with Crippen molar-refractivity contribution in [3.8, 4) is 0 Å². The third-order valence-corrected chi connectivity index (χ3v) is 3.29. The number of rotatable bonds is 7. The van der Waals surface area contributed by atoms with Crippen molar-refractivity contribution in [3.05, 3.63) is 35.9 Å². The van der Waals surface area contributed by atoms with Gasteiger partial charge in [0.15, 0.2) is 0 Å². The molecule has 4 heteroatoms. The molecule has 0 aliphatic carbocycles. The monoisotopic (exact) mass is 262 g/mol. The molecule has 104 valence electrons. The van der Waals surface area contributed by atoms with E-state index in [1.807, 2.05) is 18.2 Å². The highest BCUT2D eigenvalue weighted by Gasteiger charge is 2.15. The van der Waals surface area contributed by atoms with Crippen LogP contribution in [0.25, 0.3) is 0 Å². The molecule has 1 rings (SSSR count). The number of nitrogens with one attached hydrogen (secondary N) is 1. The van der Waals surface area contributed by atoms with Crippen molar-refractivity contribution in [2.45, 2.75) is 32.6 Å². The third kappa shape index (κ3) is 5.12. The van der Waals surface area contributed by atoms with Gasteiger partial charge < -0.3 is 11.1 Å². The Kier molecular flexibility index (Phi) is 6.06. The summed E-state index contributed by atoms with van der Waals surface area (Å²) < 4.78 is 0. The van der Waals surface area contributed by atoms with Gasteiger partial charge in [0.2, 0.25) is 11.8 Å². The van der Waals surface area contributed by atoms with Gasteiger partial charge >= 0.3 is 0 Å². The number of amides is 2. The summed E-state index contributed by atoms with van der Waals surface area (Å²) in [5.41, 5.74) is 6.35. The lowest BCUT2D eigenvalue weighted by Crippen LogP contribution is -2.32. The summed E-state index contributed by atoms with van der Waals surface area (Å²) in [6, 6.07) is 10.1. The number of carbonyl (C=O) groups is 2. The van der Waals surface area contributed by atoms with Crippen molar-refractivity contribution in [1.82, 2.24) is 5.32 Å². The van der Waals surface area contributed by atoms with Crippen LogP contribution in [0.15, 0.2) is 30.3 Å². The summed E-state index contributed by atoms with van der Waals surface area (Å²) in [6.07, 6.45) is 1.11. The van der Waals surface area contributed by atoms with E-state index in [0.717, 1.165) is 6.42 Å². The summed E-state index contributed by atoms with van der Waals surface area (Å²) in [4.78, 5) is 22.6. The minimum absolute atomic E-state index is 0.124.